The molecule has 2 aliphatic rings. The normalized spacial score (nSPS) is 23.5. The molecule has 182 valence electrons. The first-order valence-electron chi connectivity index (χ1n) is 11.9. The molecule has 2 fully saturated rings. The van der Waals surface area contributed by atoms with E-state index in [0.29, 0.717) is 30.2 Å². The van der Waals surface area contributed by atoms with Gasteiger partial charge in [0.2, 0.25) is 0 Å². The van der Waals surface area contributed by atoms with Gasteiger partial charge in [0.25, 0.3) is 5.91 Å². The molecule has 1 unspecified atom stereocenters. The fraction of sp³-hybridized carbons (Fsp3) is 0.481. The summed E-state index contributed by atoms with van der Waals surface area (Å²) in [7, 11) is 3.23. The number of halogens is 1. The standard InChI is InChI=1S/C27H32FNO5/c1-4-27(11-12-29(2)25(30)23-6-5-13-34-23)16-21(27)18-9-7-17(8-10-18)20-14-19(26(31)32)15-22(28)24(20)33-3/h7-10,14-15,21,23H,4-6,11-13,16H2,1-3H3,(H,31,32)/t21-,23-,27?/m1/s1. The van der Waals surface area contributed by atoms with Crippen molar-refractivity contribution in [1.29, 1.82) is 0 Å². The molecule has 0 bridgehead atoms. The van der Waals surface area contributed by atoms with Crippen molar-refractivity contribution < 1.29 is 28.6 Å². The van der Waals surface area contributed by atoms with Crippen LogP contribution in [0.15, 0.2) is 36.4 Å². The van der Waals surface area contributed by atoms with Crippen LogP contribution in [0.2, 0.25) is 0 Å². The topological polar surface area (TPSA) is 76.1 Å². The Hall–Kier alpha value is -2.93. The number of benzene rings is 2. The van der Waals surface area contributed by atoms with Crippen molar-refractivity contribution in [3.63, 3.8) is 0 Å². The van der Waals surface area contributed by atoms with E-state index < -0.39 is 11.8 Å². The molecule has 1 aliphatic heterocycles. The molecule has 34 heavy (non-hydrogen) atoms. The van der Waals surface area contributed by atoms with Crippen molar-refractivity contribution in [2.75, 3.05) is 27.3 Å². The maximum absolute atomic E-state index is 14.4. The van der Waals surface area contributed by atoms with Gasteiger partial charge in [-0.25, -0.2) is 9.18 Å². The molecule has 0 aromatic heterocycles. The highest BCUT2D eigenvalue weighted by atomic mass is 19.1. The van der Waals surface area contributed by atoms with Gasteiger partial charge in [-0.2, -0.15) is 0 Å². The van der Waals surface area contributed by atoms with Crippen molar-refractivity contribution in [2.45, 2.75) is 51.0 Å². The van der Waals surface area contributed by atoms with Gasteiger partial charge in [0.05, 0.1) is 12.7 Å². The average Bonchev–Trinajstić information content (AvgIpc) is 3.30. The van der Waals surface area contributed by atoms with Gasteiger partial charge in [-0.3, -0.25) is 4.79 Å². The fourth-order valence-corrected chi connectivity index (χ4v) is 5.22. The Balaban J connectivity index is 1.46. The number of carbonyl (C=O) groups excluding carboxylic acids is 1. The van der Waals surface area contributed by atoms with E-state index in [0.717, 1.165) is 38.2 Å². The first-order chi connectivity index (χ1) is 16.3. The van der Waals surface area contributed by atoms with Gasteiger partial charge >= 0.3 is 5.97 Å². The lowest BCUT2D eigenvalue weighted by Gasteiger charge is -2.24. The lowest BCUT2D eigenvalue weighted by molar-refractivity contribution is -0.139. The van der Waals surface area contributed by atoms with Crippen molar-refractivity contribution in [2.24, 2.45) is 5.41 Å². The molecule has 0 radical (unpaired) electrons. The molecule has 2 aromatic carbocycles. The summed E-state index contributed by atoms with van der Waals surface area (Å²) in [4.78, 5) is 25.8. The molecular formula is C27H32FNO5. The lowest BCUT2D eigenvalue weighted by atomic mass is 9.91. The van der Waals surface area contributed by atoms with Gasteiger partial charge in [0, 0.05) is 25.8 Å². The van der Waals surface area contributed by atoms with E-state index >= 15 is 0 Å². The van der Waals surface area contributed by atoms with Crippen molar-refractivity contribution in [3.05, 3.63) is 53.3 Å². The zero-order valence-electron chi connectivity index (χ0n) is 20.0. The van der Waals surface area contributed by atoms with Crippen molar-refractivity contribution in [3.8, 4) is 16.9 Å². The van der Waals surface area contributed by atoms with Gasteiger partial charge in [-0.1, -0.05) is 31.2 Å². The predicted octanol–water partition coefficient (Wildman–Crippen LogP) is 5.11. The molecule has 1 aliphatic carbocycles. The molecule has 7 heteroatoms. The highest BCUT2D eigenvalue weighted by molar-refractivity contribution is 5.90. The maximum Gasteiger partial charge on any atom is 0.335 e. The lowest BCUT2D eigenvalue weighted by Crippen LogP contribution is -2.37. The predicted molar refractivity (Wildman–Crippen MR) is 127 cm³/mol. The van der Waals surface area contributed by atoms with Crippen LogP contribution in [-0.4, -0.2) is 55.3 Å². The summed E-state index contributed by atoms with van der Waals surface area (Å²) in [5.41, 5.74) is 2.36. The van der Waals surface area contributed by atoms with Gasteiger partial charge < -0.3 is 19.5 Å². The van der Waals surface area contributed by atoms with Gasteiger partial charge in [-0.15, -0.1) is 0 Å². The maximum atomic E-state index is 14.4. The van der Waals surface area contributed by atoms with Crippen molar-refractivity contribution >= 4 is 11.9 Å². The molecule has 3 atom stereocenters. The number of carboxylic acid groups (broad SMARTS) is 1. The summed E-state index contributed by atoms with van der Waals surface area (Å²) in [5.74, 6) is -1.37. The molecule has 1 amide bonds. The smallest absolute Gasteiger partial charge is 0.335 e. The van der Waals surface area contributed by atoms with Crippen LogP contribution in [-0.2, 0) is 9.53 Å². The van der Waals surface area contributed by atoms with Crippen LogP contribution in [0.1, 0.15) is 60.9 Å². The molecule has 1 heterocycles. The number of carboxylic acids is 1. The van der Waals surface area contributed by atoms with Crippen LogP contribution in [0.5, 0.6) is 5.75 Å². The molecule has 2 aromatic rings. The first-order valence-corrected chi connectivity index (χ1v) is 11.9. The molecule has 6 nitrogen and oxygen atoms in total. The average molecular weight is 470 g/mol. The van der Waals surface area contributed by atoms with E-state index in [1.165, 1.54) is 18.7 Å². The Morgan fingerprint density at radius 3 is 2.59 bits per heavy atom. The summed E-state index contributed by atoms with van der Waals surface area (Å²) < 4.78 is 25.1. The van der Waals surface area contributed by atoms with E-state index in [2.05, 4.69) is 6.92 Å². The number of amides is 1. The Morgan fingerprint density at radius 1 is 1.26 bits per heavy atom. The Morgan fingerprint density at radius 2 is 2.00 bits per heavy atom. The van der Waals surface area contributed by atoms with E-state index in [1.807, 2.05) is 36.2 Å². The Labute approximate surface area is 199 Å². The number of likely N-dealkylation sites (N-methyl/N-ethyl adjacent to an activating group) is 1. The summed E-state index contributed by atoms with van der Waals surface area (Å²) in [6.07, 6.45) is 4.50. The minimum atomic E-state index is -1.19. The summed E-state index contributed by atoms with van der Waals surface area (Å²) in [6, 6.07) is 10.3. The van der Waals surface area contributed by atoms with E-state index in [9.17, 15) is 19.1 Å². The number of carbonyl (C=O) groups is 2. The van der Waals surface area contributed by atoms with E-state index in [-0.39, 0.29) is 28.7 Å². The van der Waals surface area contributed by atoms with E-state index in [1.54, 1.807) is 0 Å². The highest BCUT2D eigenvalue weighted by Crippen LogP contribution is 2.63. The monoisotopic (exact) mass is 469 g/mol. The number of aromatic carboxylic acids is 1. The fourth-order valence-electron chi connectivity index (χ4n) is 5.22. The quantitative estimate of drug-likeness (QED) is 0.552. The van der Waals surface area contributed by atoms with Crippen LogP contribution < -0.4 is 4.74 Å². The number of ether oxygens (including phenoxy) is 2. The third-order valence-corrected chi connectivity index (χ3v) is 7.54. The summed E-state index contributed by atoms with van der Waals surface area (Å²) >= 11 is 0. The largest absolute Gasteiger partial charge is 0.493 e. The van der Waals surface area contributed by atoms with Crippen LogP contribution in [0.25, 0.3) is 11.1 Å². The third-order valence-electron chi connectivity index (χ3n) is 7.54. The molecule has 1 saturated heterocycles. The zero-order valence-corrected chi connectivity index (χ0v) is 20.0. The molecule has 0 spiro atoms. The van der Waals surface area contributed by atoms with Crippen LogP contribution in [0.3, 0.4) is 0 Å². The SMILES string of the molecule is CCC1(CCN(C)C(=O)[C@H]2CCCO2)C[C@@H]1c1ccc(-c2cc(C(=O)O)cc(F)c2OC)cc1. The first kappa shape index (κ1) is 24.2. The van der Waals surface area contributed by atoms with Gasteiger partial charge in [0.15, 0.2) is 11.6 Å². The van der Waals surface area contributed by atoms with Crippen LogP contribution in [0.4, 0.5) is 4.39 Å². The number of rotatable bonds is 9. The number of hydrogen-bond donors (Lipinski definition) is 1. The number of methoxy groups -OCH3 is 1. The van der Waals surface area contributed by atoms with Crippen molar-refractivity contribution in [1.82, 2.24) is 4.90 Å². The molecule has 1 saturated carbocycles. The highest BCUT2D eigenvalue weighted by Gasteiger charge is 2.52. The molecular weight excluding hydrogens is 437 g/mol. The van der Waals surface area contributed by atoms with Crippen LogP contribution in [0, 0.1) is 11.2 Å². The van der Waals surface area contributed by atoms with Gasteiger partial charge in [0.1, 0.15) is 6.10 Å². The summed E-state index contributed by atoms with van der Waals surface area (Å²) in [5, 5.41) is 9.30. The van der Waals surface area contributed by atoms with Gasteiger partial charge in [-0.05, 0) is 66.7 Å². The second-order valence-corrected chi connectivity index (χ2v) is 9.45. The third kappa shape index (κ3) is 4.67. The number of nitrogens with zero attached hydrogens (tertiary/aromatic N) is 1. The van der Waals surface area contributed by atoms with E-state index in [4.69, 9.17) is 9.47 Å². The second-order valence-electron chi connectivity index (χ2n) is 9.45. The zero-order chi connectivity index (χ0) is 24.5. The summed E-state index contributed by atoms with van der Waals surface area (Å²) in [6.45, 7) is 3.57. The second kappa shape index (κ2) is 9.74. The Kier molecular flexibility index (Phi) is 6.94. The molecule has 1 N–H and O–H groups in total. The minimum absolute atomic E-state index is 0.0334. The van der Waals surface area contributed by atoms with Crippen LogP contribution >= 0.6 is 0 Å². The molecule has 4 rings (SSSR count). The minimum Gasteiger partial charge on any atom is -0.493 e. The number of hydrogen-bond acceptors (Lipinski definition) is 4. The Bertz CT molecular complexity index is 1060.